The summed E-state index contributed by atoms with van der Waals surface area (Å²) in [4.78, 5) is 49.7. The highest BCUT2D eigenvalue weighted by molar-refractivity contribution is 7.10. The molecular formula is C32H29F2N5O5S. The molecule has 0 unspecified atom stereocenters. The lowest BCUT2D eigenvalue weighted by Crippen LogP contribution is -2.49. The number of hydrogen-bond donors (Lipinski definition) is 3. The normalized spacial score (nSPS) is 19.7. The molecule has 3 amide bonds. The number of carbonyl (C=O) groups is 3. The highest BCUT2D eigenvalue weighted by atomic mass is 32.1. The van der Waals surface area contributed by atoms with Crippen LogP contribution in [0.1, 0.15) is 45.7 Å². The predicted molar refractivity (Wildman–Crippen MR) is 160 cm³/mol. The average Bonchev–Trinajstić information content (AvgIpc) is 3.88. The number of fused-ring (bicyclic) bond motifs is 3. The minimum Gasteiger partial charge on any atom is -0.347 e. The van der Waals surface area contributed by atoms with E-state index in [0.717, 1.165) is 16.3 Å². The molecule has 2 aliphatic heterocycles. The van der Waals surface area contributed by atoms with Crippen molar-refractivity contribution in [3.05, 3.63) is 87.9 Å². The van der Waals surface area contributed by atoms with Gasteiger partial charge in [0.25, 0.3) is 11.8 Å². The van der Waals surface area contributed by atoms with Crippen LogP contribution in [-0.2, 0) is 25.0 Å². The topological polar surface area (TPSA) is 126 Å². The molecule has 1 spiro atoms. The van der Waals surface area contributed by atoms with Gasteiger partial charge in [0.15, 0.2) is 5.79 Å². The van der Waals surface area contributed by atoms with Crippen molar-refractivity contribution in [2.75, 3.05) is 26.3 Å². The molecule has 4 heterocycles. The summed E-state index contributed by atoms with van der Waals surface area (Å²) in [6.07, 6.45) is 3.55. The van der Waals surface area contributed by atoms with Gasteiger partial charge in [0, 0.05) is 51.3 Å². The zero-order valence-electron chi connectivity index (χ0n) is 24.1. The second-order valence-electron chi connectivity index (χ2n) is 11.3. The molecule has 3 aliphatic rings. The number of H-pyrrole nitrogens is 1. The summed E-state index contributed by atoms with van der Waals surface area (Å²) in [5.74, 6) is -5.00. The van der Waals surface area contributed by atoms with Crippen LogP contribution in [-0.4, -0.2) is 70.7 Å². The number of likely N-dealkylation sites (tertiary alicyclic amines) is 1. The lowest BCUT2D eigenvalue weighted by atomic mass is 10.0. The number of benzene rings is 2. The number of halogens is 2. The molecule has 3 N–H and O–H groups in total. The van der Waals surface area contributed by atoms with Crippen molar-refractivity contribution in [1.29, 1.82) is 0 Å². The SMILES string of the molecule is C[C@@H](NC(=O)[C@@H]1CC2(CN1C(=O)CNC(=O)c1ccc3c(c1)-c1ccccc1C3(F)F)OCCO2)c1cc(-c2ncc[nH]2)cs1. The van der Waals surface area contributed by atoms with Gasteiger partial charge < -0.3 is 30.0 Å². The van der Waals surface area contributed by atoms with E-state index in [-0.39, 0.29) is 47.2 Å². The molecule has 1 aliphatic carbocycles. The first kappa shape index (κ1) is 29.3. The molecule has 10 nitrogen and oxygen atoms in total. The fourth-order valence-corrected chi connectivity index (χ4v) is 7.13. The molecule has 0 radical (unpaired) electrons. The van der Waals surface area contributed by atoms with Gasteiger partial charge in [-0.15, -0.1) is 11.3 Å². The first-order valence-electron chi connectivity index (χ1n) is 14.5. The van der Waals surface area contributed by atoms with Crippen LogP contribution in [0.4, 0.5) is 8.78 Å². The Morgan fingerprint density at radius 1 is 1.11 bits per heavy atom. The lowest BCUT2D eigenvalue weighted by Gasteiger charge is -2.25. The summed E-state index contributed by atoms with van der Waals surface area (Å²) in [5.41, 5.74) is 1.41. The number of thiophene rings is 1. The molecule has 45 heavy (non-hydrogen) atoms. The zero-order chi connectivity index (χ0) is 31.3. The van der Waals surface area contributed by atoms with Gasteiger partial charge >= 0.3 is 0 Å². The standard InChI is InChI=1S/C32H29F2N5O5S/c1-18(26-13-20(16-45-26)28-35-8-9-36-28)38-30(42)25-14-31(43-10-11-44-31)17-39(25)27(40)15-37-29(41)19-6-7-24-22(12-19)21-4-2-3-5-23(21)32(24,33)34/h2-9,12-13,16,18,25H,10-11,14-15,17H2,1H3,(H,35,36)(H,37,41)(H,38,42)/t18-,25+/m1/s1. The smallest absolute Gasteiger partial charge is 0.299 e. The van der Waals surface area contributed by atoms with E-state index in [2.05, 4.69) is 20.6 Å². The van der Waals surface area contributed by atoms with Gasteiger partial charge in [-0.05, 0) is 36.2 Å². The van der Waals surface area contributed by atoms with Crippen molar-refractivity contribution >= 4 is 29.1 Å². The van der Waals surface area contributed by atoms with E-state index in [9.17, 15) is 23.2 Å². The molecule has 2 fully saturated rings. The summed E-state index contributed by atoms with van der Waals surface area (Å²) in [6, 6.07) is 10.9. The largest absolute Gasteiger partial charge is 0.347 e. The van der Waals surface area contributed by atoms with Gasteiger partial charge in [-0.1, -0.05) is 30.3 Å². The highest BCUT2D eigenvalue weighted by Crippen LogP contribution is 2.51. The van der Waals surface area contributed by atoms with Crippen molar-refractivity contribution in [1.82, 2.24) is 25.5 Å². The number of imidazole rings is 1. The number of rotatable bonds is 7. The lowest BCUT2D eigenvalue weighted by molar-refractivity contribution is -0.152. The quantitative estimate of drug-likeness (QED) is 0.280. The molecule has 232 valence electrons. The molecule has 2 aromatic heterocycles. The fourth-order valence-electron chi connectivity index (χ4n) is 6.23. The Bertz CT molecular complexity index is 1790. The first-order chi connectivity index (χ1) is 21.6. The number of alkyl halides is 2. The van der Waals surface area contributed by atoms with Gasteiger partial charge in [0.2, 0.25) is 11.8 Å². The number of nitrogens with zero attached hydrogens (tertiary/aromatic N) is 2. The van der Waals surface area contributed by atoms with Gasteiger partial charge in [-0.2, -0.15) is 8.78 Å². The van der Waals surface area contributed by atoms with Crippen molar-refractivity contribution < 1.29 is 32.6 Å². The molecule has 0 saturated carbocycles. The summed E-state index contributed by atoms with van der Waals surface area (Å²) < 4.78 is 41.5. The fraction of sp³-hybridized carbons (Fsp3) is 0.312. The summed E-state index contributed by atoms with van der Waals surface area (Å²) in [5, 5.41) is 7.55. The van der Waals surface area contributed by atoms with Crippen LogP contribution in [0, 0.1) is 0 Å². The third kappa shape index (κ3) is 5.20. The van der Waals surface area contributed by atoms with Crippen LogP contribution >= 0.6 is 11.3 Å². The number of aromatic nitrogens is 2. The summed E-state index contributed by atoms with van der Waals surface area (Å²) in [6.45, 7) is 2.17. The second-order valence-corrected chi connectivity index (χ2v) is 12.3. The first-order valence-corrected chi connectivity index (χ1v) is 15.4. The maximum absolute atomic E-state index is 14.9. The molecule has 2 aromatic carbocycles. The van der Waals surface area contributed by atoms with Crippen LogP contribution in [0.15, 0.2) is 66.3 Å². The van der Waals surface area contributed by atoms with Crippen molar-refractivity contribution in [2.45, 2.75) is 37.1 Å². The summed E-state index contributed by atoms with van der Waals surface area (Å²) in [7, 11) is 0. The minimum absolute atomic E-state index is 0.0283. The molecule has 7 rings (SSSR count). The van der Waals surface area contributed by atoms with E-state index in [4.69, 9.17) is 9.47 Å². The molecule has 0 bridgehead atoms. The van der Waals surface area contributed by atoms with Crippen LogP contribution in [0.3, 0.4) is 0 Å². The van der Waals surface area contributed by atoms with Crippen LogP contribution in [0.25, 0.3) is 22.5 Å². The number of aromatic amines is 1. The number of ether oxygens (including phenoxy) is 2. The Balaban J connectivity index is 1.04. The Morgan fingerprint density at radius 2 is 1.89 bits per heavy atom. The Labute approximate surface area is 260 Å². The number of nitrogens with one attached hydrogen (secondary N) is 3. The third-order valence-electron chi connectivity index (χ3n) is 8.48. The maximum atomic E-state index is 14.9. The Hall–Kier alpha value is -4.46. The van der Waals surface area contributed by atoms with Gasteiger partial charge in [0.1, 0.15) is 11.9 Å². The monoisotopic (exact) mass is 633 g/mol. The highest BCUT2D eigenvalue weighted by Gasteiger charge is 2.52. The number of carbonyl (C=O) groups excluding carboxylic acids is 3. The van der Waals surface area contributed by atoms with Crippen LogP contribution in [0.5, 0.6) is 0 Å². The maximum Gasteiger partial charge on any atom is 0.299 e. The van der Waals surface area contributed by atoms with E-state index >= 15 is 0 Å². The molecule has 4 aromatic rings. The van der Waals surface area contributed by atoms with Crippen molar-refractivity contribution in [2.24, 2.45) is 0 Å². The van der Waals surface area contributed by atoms with E-state index in [0.29, 0.717) is 18.8 Å². The van der Waals surface area contributed by atoms with Crippen LogP contribution in [0.2, 0.25) is 0 Å². The van der Waals surface area contributed by atoms with Crippen molar-refractivity contribution in [3.8, 4) is 22.5 Å². The Kier molecular flexibility index (Phi) is 7.26. The molecule has 2 saturated heterocycles. The van der Waals surface area contributed by atoms with Gasteiger partial charge in [-0.3, -0.25) is 14.4 Å². The minimum atomic E-state index is -3.16. The number of hydrogen-bond acceptors (Lipinski definition) is 7. The summed E-state index contributed by atoms with van der Waals surface area (Å²) >= 11 is 1.49. The second kappa shape index (κ2) is 11.2. The number of amides is 3. The van der Waals surface area contributed by atoms with E-state index < -0.39 is 36.1 Å². The van der Waals surface area contributed by atoms with E-state index in [1.807, 2.05) is 18.4 Å². The van der Waals surface area contributed by atoms with E-state index in [1.54, 1.807) is 30.6 Å². The zero-order valence-corrected chi connectivity index (χ0v) is 25.0. The van der Waals surface area contributed by atoms with Crippen LogP contribution < -0.4 is 10.6 Å². The Morgan fingerprint density at radius 3 is 2.67 bits per heavy atom. The molecular weight excluding hydrogens is 604 g/mol. The van der Waals surface area contributed by atoms with Crippen molar-refractivity contribution in [3.63, 3.8) is 0 Å². The molecule has 13 heteroatoms. The predicted octanol–water partition coefficient (Wildman–Crippen LogP) is 4.21. The van der Waals surface area contributed by atoms with Gasteiger partial charge in [-0.25, -0.2) is 4.98 Å². The van der Waals surface area contributed by atoms with E-state index in [1.165, 1.54) is 40.5 Å². The third-order valence-corrected chi connectivity index (χ3v) is 9.60. The van der Waals surface area contributed by atoms with Gasteiger partial charge in [0.05, 0.1) is 32.3 Å². The average molecular weight is 634 g/mol. The molecule has 2 atom stereocenters.